The molecule has 1 aromatic carbocycles. The Morgan fingerprint density at radius 1 is 1.19 bits per heavy atom. The van der Waals surface area contributed by atoms with Crippen LogP contribution in [0.3, 0.4) is 0 Å². The van der Waals surface area contributed by atoms with Gasteiger partial charge in [0.1, 0.15) is 5.82 Å². The number of carbonyl (C=O) groups is 2. The molecule has 0 atom stereocenters. The molecule has 0 aliphatic rings. The van der Waals surface area contributed by atoms with Gasteiger partial charge in [0.05, 0.1) is 11.3 Å². The number of carboxylic acids is 1. The Kier molecular flexibility index (Phi) is 5.35. The van der Waals surface area contributed by atoms with Crippen LogP contribution in [0.4, 0.5) is 5.82 Å². The van der Waals surface area contributed by atoms with Crippen LogP contribution in [0.25, 0.3) is 0 Å². The smallest absolute Gasteiger partial charge is 0.337 e. The van der Waals surface area contributed by atoms with E-state index in [4.69, 9.17) is 5.11 Å². The number of nitrogens with zero attached hydrogens (tertiary/aromatic N) is 1. The Morgan fingerprint density at radius 3 is 2.48 bits per heavy atom. The summed E-state index contributed by atoms with van der Waals surface area (Å²) in [6.07, 6.45) is 1.21. The zero-order valence-electron chi connectivity index (χ0n) is 10.7. The fraction of sp³-hybridized carbons (Fsp3) is 0.0714. The molecule has 0 fully saturated rings. The maximum atomic E-state index is 11.8. The van der Waals surface area contributed by atoms with E-state index in [-0.39, 0.29) is 17.2 Å². The molecule has 0 unspecified atom stereocenters. The molecule has 0 aliphatic carbocycles. The first-order valence-corrected chi connectivity index (χ1v) is 7.70. The van der Waals surface area contributed by atoms with Gasteiger partial charge in [-0.1, -0.05) is 15.9 Å². The van der Waals surface area contributed by atoms with Crippen LogP contribution in [0.15, 0.2) is 52.0 Å². The van der Waals surface area contributed by atoms with Gasteiger partial charge in [-0.2, -0.15) is 0 Å². The third-order valence-corrected chi connectivity index (χ3v) is 4.00. The van der Waals surface area contributed by atoms with Crippen molar-refractivity contribution >= 4 is 45.4 Å². The summed E-state index contributed by atoms with van der Waals surface area (Å²) in [5.74, 6) is -0.657. The molecule has 0 aliphatic heterocycles. The molecule has 1 amide bonds. The number of amides is 1. The number of pyridine rings is 1. The van der Waals surface area contributed by atoms with Gasteiger partial charge in [-0.05, 0) is 36.4 Å². The van der Waals surface area contributed by atoms with Crippen molar-refractivity contribution in [2.24, 2.45) is 0 Å². The van der Waals surface area contributed by atoms with Crippen LogP contribution in [0.1, 0.15) is 10.4 Å². The molecule has 0 saturated heterocycles. The summed E-state index contributed by atoms with van der Waals surface area (Å²) in [6.45, 7) is 0. The number of hydrogen-bond acceptors (Lipinski definition) is 4. The van der Waals surface area contributed by atoms with Crippen molar-refractivity contribution in [2.75, 3.05) is 11.1 Å². The standard InChI is InChI=1S/C14H11BrN2O3S/c15-10-2-4-11(5-3-10)21-8-13(18)17-12-6-1-9(7-16-12)14(19)20/h1-7H,8H2,(H,19,20)(H,16,17,18). The average molecular weight is 367 g/mol. The van der Waals surface area contributed by atoms with Gasteiger partial charge in [0.2, 0.25) is 5.91 Å². The molecule has 0 bridgehead atoms. The van der Waals surface area contributed by atoms with Gasteiger partial charge < -0.3 is 10.4 Å². The van der Waals surface area contributed by atoms with Crippen molar-refractivity contribution in [3.8, 4) is 0 Å². The summed E-state index contributed by atoms with van der Waals surface area (Å²) in [7, 11) is 0. The van der Waals surface area contributed by atoms with E-state index in [1.807, 2.05) is 24.3 Å². The van der Waals surface area contributed by atoms with Crippen molar-refractivity contribution < 1.29 is 14.7 Å². The van der Waals surface area contributed by atoms with Crippen LogP contribution in [0.5, 0.6) is 0 Å². The van der Waals surface area contributed by atoms with Gasteiger partial charge >= 0.3 is 5.97 Å². The number of aromatic nitrogens is 1. The van der Waals surface area contributed by atoms with E-state index >= 15 is 0 Å². The highest BCUT2D eigenvalue weighted by atomic mass is 79.9. The number of rotatable bonds is 5. The average Bonchev–Trinajstić information content (AvgIpc) is 2.47. The molecule has 2 aromatic rings. The Bertz CT molecular complexity index is 644. The van der Waals surface area contributed by atoms with Crippen LogP contribution in [-0.4, -0.2) is 27.7 Å². The Balaban J connectivity index is 1.86. The van der Waals surface area contributed by atoms with Gasteiger partial charge in [-0.15, -0.1) is 11.8 Å². The lowest BCUT2D eigenvalue weighted by molar-refractivity contribution is -0.113. The van der Waals surface area contributed by atoms with Gasteiger partial charge in [0.15, 0.2) is 0 Å². The molecule has 7 heteroatoms. The van der Waals surface area contributed by atoms with Crippen molar-refractivity contribution in [1.29, 1.82) is 0 Å². The highest BCUT2D eigenvalue weighted by molar-refractivity contribution is 9.10. The van der Waals surface area contributed by atoms with Crippen molar-refractivity contribution in [2.45, 2.75) is 4.90 Å². The summed E-state index contributed by atoms with van der Waals surface area (Å²) < 4.78 is 0.985. The number of nitrogens with one attached hydrogen (secondary N) is 1. The summed E-state index contributed by atoms with van der Waals surface area (Å²) in [5, 5.41) is 11.4. The number of thioether (sulfide) groups is 1. The second kappa shape index (κ2) is 7.24. The SMILES string of the molecule is O=C(CSc1ccc(Br)cc1)Nc1ccc(C(=O)O)cn1. The topological polar surface area (TPSA) is 79.3 Å². The fourth-order valence-electron chi connectivity index (χ4n) is 1.45. The second-order valence-corrected chi connectivity index (χ2v) is 5.99. The van der Waals surface area contributed by atoms with Gasteiger partial charge in [0, 0.05) is 15.6 Å². The summed E-state index contributed by atoms with van der Waals surface area (Å²) in [5.41, 5.74) is 0.0808. The lowest BCUT2D eigenvalue weighted by Crippen LogP contribution is -2.15. The molecule has 21 heavy (non-hydrogen) atoms. The van der Waals surface area contributed by atoms with Gasteiger partial charge in [0.25, 0.3) is 0 Å². The molecule has 5 nitrogen and oxygen atoms in total. The van der Waals surface area contributed by atoms with Crippen LogP contribution in [0, 0.1) is 0 Å². The normalized spacial score (nSPS) is 10.1. The van der Waals surface area contributed by atoms with Gasteiger partial charge in [-0.3, -0.25) is 4.79 Å². The molecular weight excluding hydrogens is 356 g/mol. The van der Waals surface area contributed by atoms with Crippen molar-refractivity contribution in [1.82, 2.24) is 4.98 Å². The number of carboxylic acid groups (broad SMARTS) is 1. The molecule has 2 rings (SSSR count). The Labute approximate surface area is 133 Å². The van der Waals surface area contributed by atoms with E-state index in [0.717, 1.165) is 9.37 Å². The minimum absolute atomic E-state index is 0.0808. The summed E-state index contributed by atoms with van der Waals surface area (Å²) >= 11 is 4.76. The molecule has 1 aromatic heterocycles. The highest BCUT2D eigenvalue weighted by Crippen LogP contribution is 2.20. The van der Waals surface area contributed by atoms with E-state index < -0.39 is 5.97 Å². The van der Waals surface area contributed by atoms with Gasteiger partial charge in [-0.25, -0.2) is 9.78 Å². The van der Waals surface area contributed by atoms with Crippen LogP contribution in [-0.2, 0) is 4.79 Å². The first kappa shape index (κ1) is 15.5. The molecule has 0 spiro atoms. The molecule has 0 radical (unpaired) electrons. The Morgan fingerprint density at radius 2 is 1.90 bits per heavy atom. The number of halogens is 1. The van der Waals surface area contributed by atoms with Crippen LogP contribution in [0.2, 0.25) is 0 Å². The molecule has 0 saturated carbocycles. The van der Waals surface area contributed by atoms with Crippen molar-refractivity contribution in [3.63, 3.8) is 0 Å². The quantitative estimate of drug-likeness (QED) is 0.793. The van der Waals surface area contributed by atoms with E-state index in [1.165, 1.54) is 30.1 Å². The molecule has 108 valence electrons. The number of anilines is 1. The third-order valence-electron chi connectivity index (χ3n) is 2.46. The highest BCUT2D eigenvalue weighted by Gasteiger charge is 2.06. The predicted molar refractivity (Wildman–Crippen MR) is 84.7 cm³/mol. The van der Waals surface area contributed by atoms with E-state index in [9.17, 15) is 9.59 Å². The van der Waals surface area contributed by atoms with E-state index in [0.29, 0.717) is 5.82 Å². The maximum Gasteiger partial charge on any atom is 0.337 e. The first-order valence-electron chi connectivity index (χ1n) is 5.92. The first-order chi connectivity index (χ1) is 10.0. The minimum Gasteiger partial charge on any atom is -0.478 e. The largest absolute Gasteiger partial charge is 0.478 e. The summed E-state index contributed by atoms with van der Waals surface area (Å²) in [6, 6.07) is 10.5. The third kappa shape index (κ3) is 4.87. The van der Waals surface area contributed by atoms with E-state index in [2.05, 4.69) is 26.2 Å². The second-order valence-electron chi connectivity index (χ2n) is 4.03. The number of carbonyl (C=O) groups excluding carboxylic acids is 1. The maximum absolute atomic E-state index is 11.8. The lowest BCUT2D eigenvalue weighted by Gasteiger charge is -2.05. The predicted octanol–water partition coefficient (Wildman–Crippen LogP) is 3.27. The number of hydrogen-bond donors (Lipinski definition) is 2. The molecule has 1 heterocycles. The zero-order chi connectivity index (χ0) is 15.2. The Hall–Kier alpha value is -1.86. The minimum atomic E-state index is -1.05. The van der Waals surface area contributed by atoms with Crippen molar-refractivity contribution in [3.05, 3.63) is 52.6 Å². The molecule has 2 N–H and O–H groups in total. The van der Waals surface area contributed by atoms with E-state index in [1.54, 1.807) is 0 Å². The number of aromatic carboxylic acids is 1. The summed E-state index contributed by atoms with van der Waals surface area (Å²) in [4.78, 5) is 27.3. The number of benzene rings is 1. The van der Waals surface area contributed by atoms with Crippen LogP contribution < -0.4 is 5.32 Å². The molecular formula is C14H11BrN2O3S. The zero-order valence-corrected chi connectivity index (χ0v) is 13.1. The van der Waals surface area contributed by atoms with Crippen LogP contribution >= 0.6 is 27.7 Å². The fourth-order valence-corrected chi connectivity index (χ4v) is 2.42. The monoisotopic (exact) mass is 366 g/mol. The lowest BCUT2D eigenvalue weighted by atomic mass is 10.3.